The number of nitrogens with zero attached hydrogens (tertiary/aromatic N) is 3. The number of nitrogens with two attached hydrogens (primary N) is 1. The Kier molecular flexibility index (Phi) is 4.68. The van der Waals surface area contributed by atoms with Crippen molar-refractivity contribution in [3.63, 3.8) is 0 Å². The normalized spacial score (nSPS) is 13.1. The van der Waals surface area contributed by atoms with Gasteiger partial charge in [0.2, 0.25) is 0 Å². The second-order valence-electron chi connectivity index (χ2n) is 4.98. The second kappa shape index (κ2) is 6.27. The third kappa shape index (κ3) is 3.40. The third-order valence-corrected chi connectivity index (χ3v) is 4.05. The van der Waals surface area contributed by atoms with Crippen LogP contribution in [0.5, 0.6) is 0 Å². The fraction of sp³-hybridized carbons (Fsp3) is 0.538. The van der Waals surface area contributed by atoms with Crippen LogP contribution in [0.25, 0.3) is 10.2 Å². The molecule has 0 spiro atoms. The summed E-state index contributed by atoms with van der Waals surface area (Å²) in [4.78, 5) is 12.3. The Labute approximate surface area is 117 Å². The fourth-order valence-electron chi connectivity index (χ4n) is 2.05. The van der Waals surface area contributed by atoms with Crippen LogP contribution >= 0.6 is 11.3 Å². The maximum absolute atomic E-state index is 5.53. The number of anilines is 1. The highest BCUT2D eigenvalue weighted by Crippen LogP contribution is 2.24. The Morgan fingerprint density at radius 2 is 2.26 bits per heavy atom. The van der Waals surface area contributed by atoms with Crippen LogP contribution in [0.4, 0.5) is 5.82 Å². The number of hydrazine groups is 1. The van der Waals surface area contributed by atoms with Crippen LogP contribution in [0.1, 0.15) is 26.1 Å². The van der Waals surface area contributed by atoms with Gasteiger partial charge >= 0.3 is 0 Å². The number of rotatable bonds is 6. The molecule has 5 nitrogen and oxygen atoms in total. The molecule has 2 rings (SSSR count). The molecule has 6 heteroatoms. The molecule has 0 saturated heterocycles. The summed E-state index contributed by atoms with van der Waals surface area (Å²) in [6.07, 6.45) is 1.19. The number of hydrogen-bond acceptors (Lipinski definition) is 6. The number of nitrogen functional groups attached to an aromatic ring is 1. The van der Waals surface area contributed by atoms with E-state index in [4.69, 9.17) is 5.84 Å². The molecule has 1 atom stereocenters. The average molecular weight is 279 g/mol. The lowest BCUT2D eigenvalue weighted by molar-refractivity contribution is 0.270. The number of fused-ring (bicyclic) bond motifs is 1. The Morgan fingerprint density at radius 3 is 2.95 bits per heavy atom. The predicted molar refractivity (Wildman–Crippen MR) is 81.0 cm³/mol. The molecule has 19 heavy (non-hydrogen) atoms. The van der Waals surface area contributed by atoms with E-state index in [9.17, 15) is 0 Å². The zero-order valence-electron chi connectivity index (χ0n) is 11.7. The molecule has 0 bridgehead atoms. The van der Waals surface area contributed by atoms with Crippen molar-refractivity contribution < 1.29 is 0 Å². The van der Waals surface area contributed by atoms with Crippen LogP contribution < -0.4 is 11.3 Å². The minimum Gasteiger partial charge on any atom is -0.308 e. The lowest BCUT2D eigenvalue weighted by Crippen LogP contribution is -2.25. The van der Waals surface area contributed by atoms with E-state index in [1.54, 1.807) is 11.3 Å². The molecule has 0 aliphatic heterocycles. The summed E-state index contributed by atoms with van der Waals surface area (Å²) in [5, 5.41) is 2.99. The van der Waals surface area contributed by atoms with Gasteiger partial charge in [-0.15, -0.1) is 11.3 Å². The summed E-state index contributed by atoms with van der Waals surface area (Å²) in [7, 11) is 2.10. The molecule has 0 fully saturated rings. The van der Waals surface area contributed by atoms with E-state index in [0.29, 0.717) is 11.7 Å². The van der Waals surface area contributed by atoms with E-state index >= 15 is 0 Å². The van der Waals surface area contributed by atoms with E-state index in [1.807, 2.05) is 11.4 Å². The monoisotopic (exact) mass is 279 g/mol. The van der Waals surface area contributed by atoms with Gasteiger partial charge in [-0.25, -0.2) is 15.8 Å². The molecule has 2 heterocycles. The summed E-state index contributed by atoms with van der Waals surface area (Å²) in [6, 6.07) is 1.99. The third-order valence-electron chi connectivity index (χ3n) is 3.24. The van der Waals surface area contributed by atoms with E-state index < -0.39 is 0 Å². The lowest BCUT2D eigenvalue weighted by atomic mass is 10.1. The Morgan fingerprint density at radius 1 is 1.47 bits per heavy atom. The smallest absolute Gasteiger partial charge is 0.152 e. The van der Waals surface area contributed by atoms with Crippen LogP contribution in [0, 0.1) is 5.92 Å². The highest BCUT2D eigenvalue weighted by atomic mass is 32.1. The second-order valence-corrected chi connectivity index (χ2v) is 5.88. The molecule has 104 valence electrons. The van der Waals surface area contributed by atoms with Crippen molar-refractivity contribution in [1.29, 1.82) is 0 Å². The molecule has 1 unspecified atom stereocenters. The molecule has 3 N–H and O–H groups in total. The maximum Gasteiger partial charge on any atom is 0.152 e. The quantitative estimate of drug-likeness (QED) is 0.628. The van der Waals surface area contributed by atoms with Gasteiger partial charge in [0.1, 0.15) is 10.7 Å². The molecule has 0 radical (unpaired) electrons. The molecular formula is C13H21N5S. The minimum atomic E-state index is 0.683. The topological polar surface area (TPSA) is 67.1 Å². The van der Waals surface area contributed by atoms with Crippen LogP contribution in [-0.4, -0.2) is 28.5 Å². The van der Waals surface area contributed by atoms with Gasteiger partial charge < -0.3 is 5.43 Å². The van der Waals surface area contributed by atoms with Gasteiger partial charge in [-0.05, 0) is 24.4 Å². The van der Waals surface area contributed by atoms with E-state index in [2.05, 4.69) is 41.2 Å². The molecule has 0 aliphatic carbocycles. The zero-order valence-corrected chi connectivity index (χ0v) is 12.5. The SMILES string of the molecule is CCC(C)CN(C)Cc1nc(NN)c2ccsc2n1. The lowest BCUT2D eigenvalue weighted by Gasteiger charge is -2.19. The van der Waals surface area contributed by atoms with E-state index in [1.165, 1.54) is 6.42 Å². The highest BCUT2D eigenvalue weighted by Gasteiger charge is 2.11. The van der Waals surface area contributed by atoms with Gasteiger partial charge in [0, 0.05) is 6.54 Å². The number of hydrogen-bond donors (Lipinski definition) is 2. The first kappa shape index (κ1) is 14.2. The minimum absolute atomic E-state index is 0.683. The first-order chi connectivity index (χ1) is 9.13. The highest BCUT2D eigenvalue weighted by molar-refractivity contribution is 7.16. The van der Waals surface area contributed by atoms with Crippen molar-refractivity contribution in [3.05, 3.63) is 17.3 Å². The van der Waals surface area contributed by atoms with Crippen molar-refractivity contribution in [1.82, 2.24) is 14.9 Å². The van der Waals surface area contributed by atoms with Gasteiger partial charge in [-0.1, -0.05) is 20.3 Å². The first-order valence-corrected chi connectivity index (χ1v) is 7.41. The maximum atomic E-state index is 5.53. The Balaban J connectivity index is 2.16. The van der Waals surface area contributed by atoms with Gasteiger partial charge in [0.25, 0.3) is 0 Å². The van der Waals surface area contributed by atoms with E-state index in [0.717, 1.165) is 29.1 Å². The molecule has 0 saturated carbocycles. The van der Waals surface area contributed by atoms with Crippen LogP contribution in [-0.2, 0) is 6.54 Å². The summed E-state index contributed by atoms with van der Waals surface area (Å²) < 4.78 is 0. The predicted octanol–water partition coefficient (Wildman–Crippen LogP) is 2.45. The Bertz CT molecular complexity index is 539. The van der Waals surface area contributed by atoms with Crippen LogP contribution in [0.2, 0.25) is 0 Å². The summed E-state index contributed by atoms with van der Waals surface area (Å²) in [5.74, 6) is 7.73. The largest absolute Gasteiger partial charge is 0.308 e. The van der Waals surface area contributed by atoms with Gasteiger partial charge in [-0.3, -0.25) is 4.90 Å². The van der Waals surface area contributed by atoms with Crippen molar-refractivity contribution in [3.8, 4) is 0 Å². The number of aromatic nitrogens is 2. The van der Waals surface area contributed by atoms with Crippen molar-refractivity contribution in [2.45, 2.75) is 26.8 Å². The van der Waals surface area contributed by atoms with Crippen LogP contribution in [0.15, 0.2) is 11.4 Å². The summed E-state index contributed by atoms with van der Waals surface area (Å²) in [6.45, 7) is 6.26. The molecule has 2 aromatic heterocycles. The number of thiophene rings is 1. The zero-order chi connectivity index (χ0) is 13.8. The van der Waals surface area contributed by atoms with Crippen molar-refractivity contribution in [2.75, 3.05) is 19.0 Å². The molecule has 0 amide bonds. The average Bonchev–Trinajstić information content (AvgIpc) is 2.85. The standard InChI is InChI=1S/C13H21N5S/c1-4-9(2)7-18(3)8-11-15-12(17-14)10-5-6-19-13(10)16-11/h5-6,9H,4,7-8,14H2,1-3H3,(H,15,16,17). The van der Waals surface area contributed by atoms with Crippen molar-refractivity contribution >= 4 is 27.4 Å². The first-order valence-electron chi connectivity index (χ1n) is 6.53. The van der Waals surface area contributed by atoms with E-state index in [-0.39, 0.29) is 0 Å². The molecular weight excluding hydrogens is 258 g/mol. The van der Waals surface area contributed by atoms with Crippen molar-refractivity contribution in [2.24, 2.45) is 11.8 Å². The molecule has 0 aliphatic rings. The summed E-state index contributed by atoms with van der Waals surface area (Å²) >= 11 is 1.61. The van der Waals surface area contributed by atoms with Crippen LogP contribution in [0.3, 0.4) is 0 Å². The fourth-order valence-corrected chi connectivity index (χ4v) is 2.83. The number of nitrogens with one attached hydrogen (secondary N) is 1. The van der Waals surface area contributed by atoms with Gasteiger partial charge in [0.15, 0.2) is 5.82 Å². The Hall–Kier alpha value is -1.24. The molecule has 0 aromatic carbocycles. The molecule has 2 aromatic rings. The summed E-state index contributed by atoms with van der Waals surface area (Å²) in [5.41, 5.74) is 2.66. The van der Waals surface area contributed by atoms with Gasteiger partial charge in [0.05, 0.1) is 11.9 Å². The van der Waals surface area contributed by atoms with Gasteiger partial charge in [-0.2, -0.15) is 0 Å².